The predicted molar refractivity (Wildman–Crippen MR) is 93.4 cm³/mol. The zero-order valence-electron chi connectivity index (χ0n) is 14.0. The molecule has 2 aliphatic rings. The molecule has 2 heterocycles. The van der Waals surface area contributed by atoms with Gasteiger partial charge in [-0.3, -0.25) is 4.79 Å². The second kappa shape index (κ2) is 7.79. The largest absolute Gasteiger partial charge is 0.333 e. The number of nitrogens with zero attached hydrogens (tertiary/aromatic N) is 1. The third kappa shape index (κ3) is 4.06. The molecule has 0 radical (unpaired) electrons. The number of alkyl halides is 2. The van der Waals surface area contributed by atoms with Gasteiger partial charge in [-0.2, -0.15) is 0 Å². The summed E-state index contributed by atoms with van der Waals surface area (Å²) in [6.45, 7) is 3.89. The Bertz CT molecular complexity index is 588. The molecule has 0 aromatic heterocycles. The second-order valence-corrected chi connectivity index (χ2v) is 6.73. The highest BCUT2D eigenvalue weighted by atomic mass is 35.5. The van der Waals surface area contributed by atoms with E-state index in [0.29, 0.717) is 24.4 Å². The van der Waals surface area contributed by atoms with Crippen molar-refractivity contribution in [2.75, 3.05) is 26.2 Å². The van der Waals surface area contributed by atoms with E-state index < -0.39 is 12.5 Å². The Morgan fingerprint density at radius 1 is 1.29 bits per heavy atom. The van der Waals surface area contributed by atoms with Gasteiger partial charge in [-0.25, -0.2) is 8.78 Å². The van der Waals surface area contributed by atoms with E-state index in [1.807, 2.05) is 13.0 Å². The lowest BCUT2D eigenvalue weighted by atomic mass is 9.85. The van der Waals surface area contributed by atoms with Crippen LogP contribution in [0.25, 0.3) is 0 Å². The number of benzene rings is 1. The SMILES string of the molecule is Cc1c(C(=O)N2CCCC(F)(F)C2)cccc1C1CCNCC1.Cl. The lowest BCUT2D eigenvalue weighted by Crippen LogP contribution is -2.45. The molecule has 24 heavy (non-hydrogen) atoms. The fourth-order valence-corrected chi connectivity index (χ4v) is 3.77. The normalized spacial score (nSPS) is 21.2. The molecule has 0 bridgehead atoms. The maximum atomic E-state index is 13.6. The molecular weight excluding hydrogens is 334 g/mol. The number of rotatable bonds is 2. The topological polar surface area (TPSA) is 32.3 Å². The summed E-state index contributed by atoms with van der Waals surface area (Å²) in [4.78, 5) is 14.0. The number of amides is 1. The molecule has 0 atom stereocenters. The van der Waals surface area contributed by atoms with Gasteiger partial charge in [-0.05, 0) is 62.4 Å². The number of nitrogens with one attached hydrogen (secondary N) is 1. The average molecular weight is 359 g/mol. The summed E-state index contributed by atoms with van der Waals surface area (Å²) in [5.41, 5.74) is 2.73. The quantitative estimate of drug-likeness (QED) is 0.873. The Morgan fingerprint density at radius 3 is 2.67 bits per heavy atom. The minimum atomic E-state index is -2.76. The maximum Gasteiger partial charge on any atom is 0.265 e. The predicted octanol–water partition coefficient (Wildman–Crippen LogP) is 3.76. The Balaban J connectivity index is 0.00000208. The molecule has 1 amide bonds. The van der Waals surface area contributed by atoms with Crippen LogP contribution in [0.15, 0.2) is 18.2 Å². The first kappa shape index (κ1) is 19.1. The van der Waals surface area contributed by atoms with Crippen molar-refractivity contribution in [3.05, 3.63) is 34.9 Å². The molecule has 1 aromatic carbocycles. The first-order valence-electron chi connectivity index (χ1n) is 8.45. The Labute approximate surface area is 148 Å². The first-order chi connectivity index (χ1) is 11.0. The van der Waals surface area contributed by atoms with Gasteiger partial charge in [-0.15, -0.1) is 12.4 Å². The third-order valence-corrected chi connectivity index (χ3v) is 5.07. The minimum absolute atomic E-state index is 0. The summed E-state index contributed by atoms with van der Waals surface area (Å²) in [6, 6.07) is 5.74. The van der Waals surface area contributed by atoms with Crippen molar-refractivity contribution >= 4 is 18.3 Å². The van der Waals surface area contributed by atoms with Crippen molar-refractivity contribution in [1.29, 1.82) is 0 Å². The van der Waals surface area contributed by atoms with Crippen LogP contribution in [0.2, 0.25) is 0 Å². The summed E-state index contributed by atoms with van der Waals surface area (Å²) in [7, 11) is 0. The highest BCUT2D eigenvalue weighted by Gasteiger charge is 2.37. The van der Waals surface area contributed by atoms with Gasteiger partial charge in [0.05, 0.1) is 6.54 Å². The molecule has 0 saturated carbocycles. The summed E-state index contributed by atoms with van der Waals surface area (Å²) < 4.78 is 27.2. The maximum absolute atomic E-state index is 13.6. The number of carbonyl (C=O) groups is 1. The highest BCUT2D eigenvalue weighted by molar-refractivity contribution is 5.96. The summed E-state index contributed by atoms with van der Waals surface area (Å²) >= 11 is 0. The molecule has 0 spiro atoms. The fourth-order valence-electron chi connectivity index (χ4n) is 3.77. The summed E-state index contributed by atoms with van der Waals surface area (Å²) in [5, 5.41) is 3.34. The molecule has 1 N–H and O–H groups in total. The van der Waals surface area contributed by atoms with E-state index in [2.05, 4.69) is 11.4 Å². The van der Waals surface area contributed by atoms with E-state index >= 15 is 0 Å². The van der Waals surface area contributed by atoms with E-state index in [1.54, 1.807) is 6.07 Å². The molecule has 2 saturated heterocycles. The number of hydrogen-bond donors (Lipinski definition) is 1. The number of carbonyl (C=O) groups excluding carboxylic acids is 1. The number of halogens is 3. The molecular formula is C18H25ClF2N2O. The van der Waals surface area contributed by atoms with Gasteiger partial charge < -0.3 is 10.2 Å². The van der Waals surface area contributed by atoms with Crippen LogP contribution in [0.1, 0.15) is 53.1 Å². The van der Waals surface area contributed by atoms with Gasteiger partial charge in [0.15, 0.2) is 0 Å². The second-order valence-electron chi connectivity index (χ2n) is 6.73. The van der Waals surface area contributed by atoms with Gasteiger partial charge in [0.2, 0.25) is 0 Å². The van der Waals surface area contributed by atoms with Crippen molar-refractivity contribution in [3.63, 3.8) is 0 Å². The van der Waals surface area contributed by atoms with Crippen LogP contribution >= 0.6 is 12.4 Å². The van der Waals surface area contributed by atoms with Crippen molar-refractivity contribution in [2.24, 2.45) is 0 Å². The molecule has 3 rings (SSSR count). The molecule has 6 heteroatoms. The van der Waals surface area contributed by atoms with Crippen LogP contribution < -0.4 is 5.32 Å². The average Bonchev–Trinajstić information content (AvgIpc) is 2.54. The monoisotopic (exact) mass is 358 g/mol. The highest BCUT2D eigenvalue weighted by Crippen LogP contribution is 2.31. The minimum Gasteiger partial charge on any atom is -0.333 e. The smallest absolute Gasteiger partial charge is 0.265 e. The van der Waals surface area contributed by atoms with Crippen LogP contribution in [-0.4, -0.2) is 42.9 Å². The van der Waals surface area contributed by atoms with Gasteiger partial charge in [0.1, 0.15) is 0 Å². The van der Waals surface area contributed by atoms with Crippen molar-refractivity contribution in [1.82, 2.24) is 10.2 Å². The van der Waals surface area contributed by atoms with Crippen LogP contribution in [0.3, 0.4) is 0 Å². The van der Waals surface area contributed by atoms with Crippen LogP contribution in [-0.2, 0) is 0 Å². The molecule has 134 valence electrons. The van der Waals surface area contributed by atoms with E-state index in [-0.39, 0.29) is 24.7 Å². The molecule has 0 unspecified atom stereocenters. The number of likely N-dealkylation sites (tertiary alicyclic amines) is 1. The first-order valence-corrected chi connectivity index (χ1v) is 8.45. The number of piperidine rings is 2. The summed E-state index contributed by atoms with van der Waals surface area (Å²) in [5.74, 6) is -2.56. The molecule has 0 aliphatic carbocycles. The molecule has 2 fully saturated rings. The van der Waals surface area contributed by atoms with Crippen LogP contribution in [0.5, 0.6) is 0 Å². The van der Waals surface area contributed by atoms with Crippen molar-refractivity contribution < 1.29 is 13.6 Å². The van der Waals surface area contributed by atoms with Gasteiger partial charge in [0, 0.05) is 18.5 Å². The van der Waals surface area contributed by atoms with Gasteiger partial charge in [0.25, 0.3) is 11.8 Å². The number of hydrogen-bond acceptors (Lipinski definition) is 2. The third-order valence-electron chi connectivity index (χ3n) is 5.07. The Morgan fingerprint density at radius 2 is 2.00 bits per heavy atom. The Kier molecular flexibility index (Phi) is 6.21. The standard InChI is InChI=1S/C18H24F2N2O.ClH/c1-13-15(14-6-9-21-10-7-14)4-2-5-16(13)17(23)22-11-3-8-18(19,20)12-22;/h2,4-5,14,21H,3,6-12H2,1H3;1H. The summed E-state index contributed by atoms with van der Waals surface area (Å²) in [6.07, 6.45) is 2.36. The molecule has 1 aromatic rings. The van der Waals surface area contributed by atoms with Crippen LogP contribution in [0, 0.1) is 6.92 Å². The van der Waals surface area contributed by atoms with E-state index in [9.17, 15) is 13.6 Å². The van der Waals surface area contributed by atoms with E-state index in [0.717, 1.165) is 31.5 Å². The van der Waals surface area contributed by atoms with E-state index in [1.165, 1.54) is 10.5 Å². The lowest BCUT2D eigenvalue weighted by molar-refractivity contribution is -0.0560. The van der Waals surface area contributed by atoms with E-state index in [4.69, 9.17) is 0 Å². The fraction of sp³-hybridized carbons (Fsp3) is 0.611. The molecule has 2 aliphatic heterocycles. The zero-order valence-corrected chi connectivity index (χ0v) is 14.8. The van der Waals surface area contributed by atoms with Gasteiger partial charge in [-0.1, -0.05) is 12.1 Å². The zero-order chi connectivity index (χ0) is 16.4. The lowest BCUT2D eigenvalue weighted by Gasteiger charge is -2.33. The van der Waals surface area contributed by atoms with Crippen LogP contribution in [0.4, 0.5) is 8.78 Å². The van der Waals surface area contributed by atoms with Crippen molar-refractivity contribution in [2.45, 2.75) is 44.4 Å². The van der Waals surface area contributed by atoms with Crippen molar-refractivity contribution in [3.8, 4) is 0 Å². The Hall–Kier alpha value is -1.20. The van der Waals surface area contributed by atoms with Gasteiger partial charge >= 0.3 is 0 Å². The molecule has 3 nitrogen and oxygen atoms in total.